The molecule has 18 nitrogen and oxygen atoms in total. The Morgan fingerprint density at radius 2 is 1.48 bits per heavy atom. The number of aromatic nitrogens is 10. The molecule has 2 unspecified atom stereocenters. The van der Waals surface area contributed by atoms with E-state index < -0.39 is 0 Å². The lowest BCUT2D eigenvalue weighted by Gasteiger charge is -2.30. The van der Waals surface area contributed by atoms with Crippen LogP contribution in [-0.4, -0.2) is 107 Å². The molecule has 12 rings (SSSR count). The lowest BCUT2D eigenvalue weighted by atomic mass is 10.1. The summed E-state index contributed by atoms with van der Waals surface area (Å²) in [5.74, 6) is 0.942. The van der Waals surface area contributed by atoms with Crippen molar-refractivity contribution in [2.24, 2.45) is 18.0 Å². The Labute approximate surface area is 389 Å². The average molecular weight is 927 g/mol. The van der Waals surface area contributed by atoms with Gasteiger partial charge in [0.15, 0.2) is 39.7 Å². The molecule has 0 spiro atoms. The molecule has 0 saturated heterocycles. The second-order valence-electron chi connectivity index (χ2n) is 16.3. The second-order valence-corrected chi connectivity index (χ2v) is 18.4. The van der Waals surface area contributed by atoms with Crippen LogP contribution in [0.4, 0.5) is 11.4 Å². The highest BCUT2D eigenvalue weighted by molar-refractivity contribution is 7.99. The van der Waals surface area contributed by atoms with E-state index in [4.69, 9.17) is 14.5 Å². The van der Waals surface area contributed by atoms with Crippen molar-refractivity contribution in [3.63, 3.8) is 0 Å². The van der Waals surface area contributed by atoms with Gasteiger partial charge in [-0.1, -0.05) is 0 Å². The Hall–Kier alpha value is -7.84. The number of carbonyl (C=O) groups excluding carboxylic acids is 2. The first-order chi connectivity index (χ1) is 32.8. The lowest BCUT2D eigenvalue weighted by Crippen LogP contribution is -2.40. The number of likely N-dealkylation sites (N-methyl/N-ethyl adjacent to an activating group) is 1. The summed E-state index contributed by atoms with van der Waals surface area (Å²) < 4.78 is 17.9. The quantitative estimate of drug-likeness (QED) is 0.149. The van der Waals surface area contributed by atoms with Gasteiger partial charge in [0, 0.05) is 101 Å². The van der Waals surface area contributed by atoms with Crippen LogP contribution >= 0.6 is 23.5 Å². The monoisotopic (exact) mass is 926 g/mol. The molecular formula is C47H38N14O4S2. The fourth-order valence-electron chi connectivity index (χ4n) is 8.47. The van der Waals surface area contributed by atoms with Gasteiger partial charge in [-0.25, -0.2) is 0 Å². The number of aryl methyl sites for hydroxylation is 1. The number of allylic oxidation sites excluding steroid dienone is 1. The number of nitrogens with zero attached hydrogens (tertiary/aromatic N) is 13. The van der Waals surface area contributed by atoms with Crippen molar-refractivity contribution in [3.05, 3.63) is 110 Å². The molecule has 67 heavy (non-hydrogen) atoms. The number of rotatable bonds is 10. The summed E-state index contributed by atoms with van der Waals surface area (Å²) >= 11 is 2.95. The van der Waals surface area contributed by atoms with E-state index in [1.54, 1.807) is 42.3 Å². The number of amides is 2. The Kier molecular flexibility index (Phi) is 9.86. The smallest absolute Gasteiger partial charge is 0.264 e. The van der Waals surface area contributed by atoms with Gasteiger partial charge in [-0.15, -0.1) is 20.4 Å². The fraction of sp³-hybridized carbons (Fsp3) is 0.191. The minimum absolute atomic E-state index is 0.0248. The normalized spacial score (nSPS) is 17.1. The summed E-state index contributed by atoms with van der Waals surface area (Å²) in [6.07, 6.45) is 15.6. The van der Waals surface area contributed by atoms with Crippen LogP contribution < -0.4 is 24.6 Å². The van der Waals surface area contributed by atoms with E-state index >= 15 is 0 Å². The van der Waals surface area contributed by atoms with Crippen LogP contribution in [0.1, 0.15) is 12.0 Å². The van der Waals surface area contributed by atoms with Crippen molar-refractivity contribution >= 4 is 91.6 Å². The van der Waals surface area contributed by atoms with Gasteiger partial charge in [0.2, 0.25) is 5.91 Å². The zero-order chi connectivity index (χ0) is 45.3. The lowest BCUT2D eigenvalue weighted by molar-refractivity contribution is -0.121. The third-order valence-corrected chi connectivity index (χ3v) is 14.0. The van der Waals surface area contributed by atoms with Crippen molar-refractivity contribution < 1.29 is 19.1 Å². The third kappa shape index (κ3) is 7.33. The number of hydrogen-bond acceptors (Lipinski definition) is 15. The highest BCUT2D eigenvalue weighted by Gasteiger charge is 2.46. The molecule has 9 aromatic rings. The molecule has 9 heterocycles. The van der Waals surface area contributed by atoms with E-state index in [0.717, 1.165) is 59.5 Å². The van der Waals surface area contributed by atoms with E-state index in [2.05, 4.69) is 40.8 Å². The van der Waals surface area contributed by atoms with Crippen LogP contribution in [0.3, 0.4) is 0 Å². The molecule has 1 saturated carbocycles. The van der Waals surface area contributed by atoms with Crippen LogP contribution in [0.25, 0.3) is 49.8 Å². The fourth-order valence-corrected chi connectivity index (χ4v) is 10.2. The van der Waals surface area contributed by atoms with E-state index in [-0.39, 0.29) is 30.4 Å². The van der Waals surface area contributed by atoms with Crippen molar-refractivity contribution in [1.82, 2.24) is 54.3 Å². The SMILES string of the molecule is CN=CC(=CNC1CC1C(=O)N1CCOc2c1cnc1ccc(Sc3nnc4ccc(-c5cnn(C)c5)cn34)cc21)c1ccc2nnc(Sc3ccc4ncc5c(c4c3)OCC(=O)N5C)n2c1. The molecule has 332 valence electrons. The Balaban J connectivity index is 0.755. The molecule has 3 aliphatic rings. The summed E-state index contributed by atoms with van der Waals surface area (Å²) in [6.45, 7) is 0.763. The molecule has 0 bridgehead atoms. The highest BCUT2D eigenvalue weighted by atomic mass is 32.2. The molecule has 20 heteroatoms. The van der Waals surface area contributed by atoms with Crippen LogP contribution in [0.5, 0.6) is 11.5 Å². The van der Waals surface area contributed by atoms with E-state index in [1.807, 2.05) is 112 Å². The van der Waals surface area contributed by atoms with Gasteiger partial charge in [-0.2, -0.15) is 5.10 Å². The molecule has 1 fully saturated rings. The Morgan fingerprint density at radius 3 is 2.18 bits per heavy atom. The van der Waals surface area contributed by atoms with Crippen molar-refractivity contribution in [1.29, 1.82) is 0 Å². The molecule has 2 amide bonds. The number of carbonyl (C=O) groups is 2. The topological polar surface area (TPSA) is 187 Å². The molecule has 7 aromatic heterocycles. The van der Waals surface area contributed by atoms with Crippen molar-refractivity contribution in [3.8, 4) is 22.6 Å². The maximum atomic E-state index is 14.2. The number of benzene rings is 2. The standard InChI is InChI=1S/C47H38N14O4S2/c1-48-17-28(26-4-10-40-53-55-46(60(40)23-26)66-30-6-8-35-32(14-30)43-38(20-50-35)58(3)42(62)25-65-43)18-49-37-16-34(37)45(63)59-12-13-64-44-33-15-31(7-9-36(33)51-21-39(44)59)67-47-56-54-41-11-5-27(24-61(41)47)29-19-52-57(2)22-29/h4-11,14-15,17-24,34,37,49H,12-13,16,25H2,1-3H3. The number of ether oxygens (including phenoxy) is 2. The van der Waals surface area contributed by atoms with Gasteiger partial charge >= 0.3 is 0 Å². The number of aliphatic imine (C=N–C) groups is 1. The number of anilines is 2. The minimum Gasteiger partial charge on any atom is -0.489 e. The summed E-state index contributed by atoms with van der Waals surface area (Å²) in [4.78, 5) is 45.4. The minimum atomic E-state index is -0.227. The maximum Gasteiger partial charge on any atom is 0.264 e. The van der Waals surface area contributed by atoms with E-state index in [0.29, 0.717) is 58.4 Å². The van der Waals surface area contributed by atoms with Crippen LogP contribution in [0.15, 0.2) is 129 Å². The first-order valence-corrected chi connectivity index (χ1v) is 23.0. The number of nitrogens with one attached hydrogen (secondary N) is 1. The molecule has 2 aromatic carbocycles. The number of fused-ring (bicyclic) bond motifs is 8. The second kappa shape index (κ2) is 16.2. The number of hydrogen-bond donors (Lipinski definition) is 1. The summed E-state index contributed by atoms with van der Waals surface area (Å²) in [7, 11) is 5.35. The molecule has 1 N–H and O–H groups in total. The summed E-state index contributed by atoms with van der Waals surface area (Å²) in [6, 6.07) is 19.7. The Bertz CT molecular complexity index is 3570. The van der Waals surface area contributed by atoms with Gasteiger partial charge in [0.1, 0.15) is 18.0 Å². The Morgan fingerprint density at radius 1 is 0.791 bits per heavy atom. The van der Waals surface area contributed by atoms with Gasteiger partial charge in [0.25, 0.3) is 5.91 Å². The van der Waals surface area contributed by atoms with Gasteiger partial charge in [0.05, 0.1) is 42.1 Å². The van der Waals surface area contributed by atoms with Crippen LogP contribution in [-0.2, 0) is 16.6 Å². The average Bonchev–Trinajstić information content (AvgIpc) is 3.57. The molecule has 2 atom stereocenters. The predicted molar refractivity (Wildman–Crippen MR) is 254 cm³/mol. The van der Waals surface area contributed by atoms with E-state index in [1.165, 1.54) is 23.5 Å². The van der Waals surface area contributed by atoms with Crippen LogP contribution in [0, 0.1) is 5.92 Å². The molecule has 0 radical (unpaired) electrons. The van der Waals surface area contributed by atoms with Gasteiger partial charge in [-0.05, 0) is 90.6 Å². The predicted octanol–water partition coefficient (Wildman–Crippen LogP) is 6.37. The highest BCUT2D eigenvalue weighted by Crippen LogP contribution is 2.43. The van der Waals surface area contributed by atoms with Gasteiger partial charge < -0.3 is 24.6 Å². The number of pyridine rings is 4. The van der Waals surface area contributed by atoms with E-state index in [9.17, 15) is 9.59 Å². The van der Waals surface area contributed by atoms with Crippen molar-refractivity contribution in [2.45, 2.75) is 32.6 Å². The summed E-state index contributed by atoms with van der Waals surface area (Å²) in [5, 5.41) is 28.6. The summed E-state index contributed by atoms with van der Waals surface area (Å²) in [5.41, 5.74) is 7.99. The van der Waals surface area contributed by atoms with Crippen molar-refractivity contribution in [2.75, 3.05) is 43.7 Å². The van der Waals surface area contributed by atoms with Crippen LogP contribution in [0.2, 0.25) is 0 Å². The molecular weight excluding hydrogens is 889 g/mol. The first-order valence-electron chi connectivity index (χ1n) is 21.4. The maximum absolute atomic E-state index is 14.2. The molecule has 2 aliphatic heterocycles. The largest absolute Gasteiger partial charge is 0.489 e. The third-order valence-electron chi connectivity index (χ3n) is 12.1. The zero-order valence-electron chi connectivity index (χ0n) is 36.1. The molecule has 1 aliphatic carbocycles. The van der Waals surface area contributed by atoms with Gasteiger partial charge in [-0.3, -0.25) is 38.0 Å². The zero-order valence-corrected chi connectivity index (χ0v) is 37.8. The first kappa shape index (κ1) is 40.7.